The van der Waals surface area contributed by atoms with E-state index in [1.807, 2.05) is 6.08 Å². The van der Waals surface area contributed by atoms with Gasteiger partial charge in [0.1, 0.15) is 12.1 Å². The van der Waals surface area contributed by atoms with E-state index in [0.29, 0.717) is 17.8 Å². The van der Waals surface area contributed by atoms with Crippen LogP contribution in [0.1, 0.15) is 60.3 Å². The van der Waals surface area contributed by atoms with Crippen molar-refractivity contribution in [3.05, 3.63) is 12.7 Å². The van der Waals surface area contributed by atoms with Crippen molar-refractivity contribution in [2.24, 2.45) is 23.2 Å². The Labute approximate surface area is 145 Å². The van der Waals surface area contributed by atoms with Gasteiger partial charge in [-0.3, -0.25) is 0 Å². The number of aliphatic carboxylic acids is 1. The number of carboxylic acids is 1. The lowest BCUT2D eigenvalue weighted by Gasteiger charge is -2.29. The van der Waals surface area contributed by atoms with Gasteiger partial charge in [-0.1, -0.05) is 40.7 Å². The number of rotatable bonds is 7. The third-order valence-corrected chi connectivity index (χ3v) is 5.23. The van der Waals surface area contributed by atoms with E-state index in [2.05, 4.69) is 25.7 Å². The van der Waals surface area contributed by atoms with Crippen LogP contribution in [0.2, 0.25) is 0 Å². The molecule has 5 heteroatoms. The number of allylic oxidation sites excluding steroid dienone is 1. The Kier molecular flexibility index (Phi) is 7.30. The second-order valence-corrected chi connectivity index (χ2v) is 8.18. The first-order valence-corrected chi connectivity index (χ1v) is 8.88. The van der Waals surface area contributed by atoms with Crippen LogP contribution in [0.3, 0.4) is 0 Å². The van der Waals surface area contributed by atoms with Crippen LogP contribution in [-0.2, 0) is 9.53 Å². The van der Waals surface area contributed by atoms with Crippen LogP contribution >= 0.6 is 0 Å². The van der Waals surface area contributed by atoms with Crippen LogP contribution in [0.5, 0.6) is 0 Å². The molecule has 0 heterocycles. The van der Waals surface area contributed by atoms with Gasteiger partial charge in [0, 0.05) is 0 Å². The average Bonchev–Trinajstić information content (AvgIpc) is 2.71. The summed E-state index contributed by atoms with van der Waals surface area (Å²) < 4.78 is 5.63. The zero-order valence-corrected chi connectivity index (χ0v) is 15.7. The zero-order valence-electron chi connectivity index (χ0n) is 15.7. The molecule has 0 aromatic heterocycles. The van der Waals surface area contributed by atoms with Crippen LogP contribution in [0, 0.1) is 23.2 Å². The summed E-state index contributed by atoms with van der Waals surface area (Å²) in [5.74, 6) is 0.263. The second-order valence-electron chi connectivity index (χ2n) is 8.18. The molecule has 1 fully saturated rings. The lowest BCUT2D eigenvalue weighted by atomic mass is 9.87. The molecule has 0 spiro atoms. The van der Waals surface area contributed by atoms with Crippen LogP contribution in [0.15, 0.2) is 12.7 Å². The molecule has 1 aliphatic carbocycles. The highest BCUT2D eigenvalue weighted by Crippen LogP contribution is 2.41. The van der Waals surface area contributed by atoms with Crippen molar-refractivity contribution in [2.45, 2.75) is 72.4 Å². The highest BCUT2D eigenvalue weighted by Gasteiger charge is 2.41. The van der Waals surface area contributed by atoms with E-state index < -0.39 is 23.5 Å². The van der Waals surface area contributed by atoms with Crippen molar-refractivity contribution in [1.82, 2.24) is 5.32 Å². The number of hydrogen-bond acceptors (Lipinski definition) is 3. The molecule has 0 radical (unpaired) electrons. The van der Waals surface area contributed by atoms with Gasteiger partial charge in [0.2, 0.25) is 0 Å². The summed E-state index contributed by atoms with van der Waals surface area (Å²) in [6, 6.07) is -0.972. The van der Waals surface area contributed by atoms with E-state index in [4.69, 9.17) is 4.74 Å². The number of carbonyl (C=O) groups is 2. The van der Waals surface area contributed by atoms with Gasteiger partial charge in [-0.05, 0) is 48.9 Å². The maximum Gasteiger partial charge on any atom is 0.408 e. The third-order valence-electron chi connectivity index (χ3n) is 5.23. The summed E-state index contributed by atoms with van der Waals surface area (Å²) in [6.45, 7) is 13.5. The Morgan fingerprint density at radius 3 is 2.50 bits per heavy atom. The number of carbonyl (C=O) groups excluding carboxylic acids is 1. The molecule has 0 aliphatic heterocycles. The highest BCUT2D eigenvalue weighted by atomic mass is 16.6. The van der Waals surface area contributed by atoms with Crippen molar-refractivity contribution < 1.29 is 19.4 Å². The van der Waals surface area contributed by atoms with Crippen LogP contribution in [0.25, 0.3) is 0 Å². The minimum absolute atomic E-state index is 0.144. The fourth-order valence-electron chi connectivity index (χ4n) is 3.54. The Balaban J connectivity index is 2.69. The molecule has 0 bridgehead atoms. The van der Waals surface area contributed by atoms with Crippen LogP contribution < -0.4 is 5.32 Å². The normalized spacial score (nSPS) is 28.2. The first-order valence-electron chi connectivity index (χ1n) is 8.88. The van der Waals surface area contributed by atoms with Crippen molar-refractivity contribution in [1.29, 1.82) is 0 Å². The first-order chi connectivity index (χ1) is 11.1. The smallest absolute Gasteiger partial charge is 0.408 e. The number of hydrogen-bond donors (Lipinski definition) is 2. The lowest BCUT2D eigenvalue weighted by molar-refractivity contribution is -0.142. The largest absolute Gasteiger partial charge is 0.480 e. The van der Waals surface area contributed by atoms with Gasteiger partial charge in [-0.15, -0.1) is 6.58 Å². The quantitative estimate of drug-likeness (QED) is 0.537. The average molecular weight is 339 g/mol. The Morgan fingerprint density at radius 1 is 1.38 bits per heavy atom. The van der Waals surface area contributed by atoms with E-state index in [-0.39, 0.29) is 6.10 Å². The minimum Gasteiger partial charge on any atom is -0.480 e. The van der Waals surface area contributed by atoms with Crippen molar-refractivity contribution in [2.75, 3.05) is 0 Å². The summed E-state index contributed by atoms with van der Waals surface area (Å²) >= 11 is 0. The SMILES string of the molecule is C=CCCC[C@@H]1[C@@H](C)[C@@H](C)C[C@H]1OC(=O)N[C@H](C(=O)O)C(C)(C)C. The number of carboxylic acid groups (broad SMARTS) is 1. The summed E-state index contributed by atoms with van der Waals surface area (Å²) in [6.07, 6.45) is 4.96. The predicted molar refractivity (Wildman–Crippen MR) is 94.8 cm³/mol. The fraction of sp³-hybridized carbons (Fsp3) is 0.789. The number of alkyl carbamates (subject to hydrolysis) is 1. The van der Waals surface area contributed by atoms with Gasteiger partial charge in [-0.25, -0.2) is 9.59 Å². The summed E-state index contributed by atoms with van der Waals surface area (Å²) in [5, 5.41) is 11.8. The zero-order chi connectivity index (χ0) is 18.5. The molecule has 0 saturated heterocycles. The molecule has 0 unspecified atom stereocenters. The minimum atomic E-state index is -1.05. The molecule has 1 amide bonds. The van der Waals surface area contributed by atoms with Gasteiger partial charge >= 0.3 is 12.1 Å². The topological polar surface area (TPSA) is 75.6 Å². The Bertz CT molecular complexity index is 455. The Hall–Kier alpha value is -1.52. The van der Waals surface area contributed by atoms with E-state index in [0.717, 1.165) is 25.7 Å². The maximum absolute atomic E-state index is 12.2. The molecule has 0 aromatic rings. The number of nitrogens with one attached hydrogen (secondary N) is 1. The number of unbranched alkanes of at least 4 members (excludes halogenated alkanes) is 1. The van der Waals surface area contributed by atoms with Gasteiger partial charge < -0.3 is 15.2 Å². The van der Waals surface area contributed by atoms with E-state index in [1.54, 1.807) is 20.8 Å². The second kappa shape index (κ2) is 8.54. The van der Waals surface area contributed by atoms with Crippen LogP contribution in [-0.4, -0.2) is 29.3 Å². The molecule has 24 heavy (non-hydrogen) atoms. The van der Waals surface area contributed by atoms with Crippen molar-refractivity contribution >= 4 is 12.1 Å². The predicted octanol–water partition coefficient (Wildman–Crippen LogP) is 4.23. The highest BCUT2D eigenvalue weighted by molar-refractivity contribution is 5.80. The molecule has 1 aliphatic rings. The molecule has 1 saturated carbocycles. The molecule has 5 nitrogen and oxygen atoms in total. The van der Waals surface area contributed by atoms with E-state index in [1.165, 1.54) is 0 Å². The van der Waals surface area contributed by atoms with E-state index >= 15 is 0 Å². The lowest BCUT2D eigenvalue weighted by Crippen LogP contribution is -2.50. The van der Waals surface area contributed by atoms with Crippen molar-refractivity contribution in [3.8, 4) is 0 Å². The van der Waals surface area contributed by atoms with Gasteiger partial charge in [0.25, 0.3) is 0 Å². The summed E-state index contributed by atoms with van der Waals surface area (Å²) in [4.78, 5) is 23.6. The van der Waals surface area contributed by atoms with Gasteiger partial charge in [0.15, 0.2) is 0 Å². The fourth-order valence-corrected chi connectivity index (χ4v) is 3.54. The van der Waals surface area contributed by atoms with Crippen molar-refractivity contribution in [3.63, 3.8) is 0 Å². The molecular formula is C19H33NO4. The molecular weight excluding hydrogens is 306 g/mol. The van der Waals surface area contributed by atoms with Gasteiger partial charge in [-0.2, -0.15) is 0 Å². The number of amides is 1. The standard InChI is InChI=1S/C19H33NO4/c1-7-8-9-10-14-13(3)12(2)11-15(14)24-18(23)20-16(17(21)22)19(4,5)6/h7,12-16H,1,8-11H2,2-6H3,(H,20,23)(H,21,22)/t12-,13-,14+,15+,16+/m0/s1. The molecule has 2 N–H and O–H groups in total. The monoisotopic (exact) mass is 339 g/mol. The number of ether oxygens (including phenoxy) is 1. The van der Waals surface area contributed by atoms with Crippen LogP contribution in [0.4, 0.5) is 4.79 Å². The Morgan fingerprint density at radius 2 is 2.00 bits per heavy atom. The maximum atomic E-state index is 12.2. The summed E-state index contributed by atoms with van der Waals surface area (Å²) in [5.41, 5.74) is -0.579. The first kappa shape index (κ1) is 20.5. The molecule has 138 valence electrons. The third kappa shape index (κ3) is 5.53. The van der Waals surface area contributed by atoms with E-state index in [9.17, 15) is 14.7 Å². The molecule has 1 rings (SSSR count). The van der Waals surface area contributed by atoms with Gasteiger partial charge in [0.05, 0.1) is 0 Å². The summed E-state index contributed by atoms with van der Waals surface area (Å²) in [7, 11) is 0. The molecule has 5 atom stereocenters. The molecule has 0 aromatic carbocycles.